The van der Waals surface area contributed by atoms with Crippen LogP contribution in [0, 0.1) is 0 Å². The van der Waals surface area contributed by atoms with Crippen LogP contribution in [0.4, 0.5) is 0 Å². The van der Waals surface area contributed by atoms with Crippen molar-refractivity contribution in [1.29, 1.82) is 0 Å². The number of hydrogen-bond acceptors (Lipinski definition) is 11. The van der Waals surface area contributed by atoms with Crippen molar-refractivity contribution in [3.63, 3.8) is 0 Å². The molecule has 0 bridgehead atoms. The van der Waals surface area contributed by atoms with Crippen LogP contribution < -0.4 is 0 Å². The van der Waals surface area contributed by atoms with Crippen LogP contribution in [0.2, 0.25) is 0 Å². The van der Waals surface area contributed by atoms with Gasteiger partial charge in [-0.1, -0.05) is 250 Å². The second-order valence-electron chi connectivity index (χ2n) is 20.6. The lowest BCUT2D eigenvalue weighted by atomic mass is 9.99. The summed E-state index contributed by atoms with van der Waals surface area (Å²) >= 11 is 0. The van der Waals surface area contributed by atoms with Crippen molar-refractivity contribution in [3.8, 4) is 0 Å². The average molecular weight is 1030 g/mol. The number of esters is 1. The maximum atomic E-state index is 13.0. The highest BCUT2D eigenvalue weighted by atomic mass is 32.3. The first-order chi connectivity index (χ1) is 34.6. The van der Waals surface area contributed by atoms with Crippen molar-refractivity contribution >= 4 is 16.4 Å². The van der Waals surface area contributed by atoms with E-state index in [2.05, 4.69) is 42.3 Å². The number of allylic oxidation sites excluding steroid dienone is 4. The zero-order valence-electron chi connectivity index (χ0n) is 45.6. The van der Waals surface area contributed by atoms with Gasteiger partial charge in [0.15, 0.2) is 6.29 Å². The molecule has 1 heterocycles. The number of ether oxygens (including phenoxy) is 4. The molecule has 1 fully saturated rings. The summed E-state index contributed by atoms with van der Waals surface area (Å²) in [5, 5.41) is 30.9. The van der Waals surface area contributed by atoms with Gasteiger partial charge in [-0.3, -0.25) is 9.35 Å². The second kappa shape index (κ2) is 49.5. The Labute approximate surface area is 435 Å². The van der Waals surface area contributed by atoms with Gasteiger partial charge in [0.2, 0.25) is 0 Å². The van der Waals surface area contributed by atoms with Gasteiger partial charge in [-0.2, -0.15) is 8.42 Å². The molecule has 71 heavy (non-hydrogen) atoms. The number of carbonyl (C=O) groups excluding carboxylic acids is 1. The first-order valence-electron chi connectivity index (χ1n) is 29.6. The largest absolute Gasteiger partial charge is 0.457 e. The van der Waals surface area contributed by atoms with E-state index in [1.54, 1.807) is 0 Å². The third kappa shape index (κ3) is 42.5. The van der Waals surface area contributed by atoms with Crippen LogP contribution >= 0.6 is 0 Å². The molecule has 0 radical (unpaired) electrons. The Morgan fingerprint density at radius 2 is 0.930 bits per heavy atom. The number of rotatable bonds is 53. The summed E-state index contributed by atoms with van der Waals surface area (Å²) in [5.74, 6) is -0.395. The fraction of sp³-hybridized carbons (Fsp3) is 0.914. The minimum absolute atomic E-state index is 0.0407. The fourth-order valence-electron chi connectivity index (χ4n) is 9.35. The van der Waals surface area contributed by atoms with Gasteiger partial charge in [0, 0.05) is 13.0 Å². The molecular weight excluding hydrogens is 921 g/mol. The van der Waals surface area contributed by atoms with Crippen LogP contribution in [0.1, 0.15) is 277 Å². The quantitative estimate of drug-likeness (QED) is 0.0196. The monoisotopic (exact) mass is 1030 g/mol. The summed E-state index contributed by atoms with van der Waals surface area (Å²) in [6.07, 6.45) is 50.7. The highest BCUT2D eigenvalue weighted by Gasteiger charge is 2.48. The summed E-state index contributed by atoms with van der Waals surface area (Å²) < 4.78 is 59.5. The fourth-order valence-corrected chi connectivity index (χ4v) is 9.86. The van der Waals surface area contributed by atoms with Crippen molar-refractivity contribution in [3.05, 3.63) is 24.3 Å². The molecule has 420 valence electrons. The third-order valence-electron chi connectivity index (χ3n) is 13.8. The van der Waals surface area contributed by atoms with Gasteiger partial charge in [0.05, 0.1) is 19.8 Å². The Morgan fingerprint density at radius 1 is 0.535 bits per heavy atom. The molecule has 0 aromatic heterocycles. The first kappa shape index (κ1) is 67.6. The van der Waals surface area contributed by atoms with Crippen LogP contribution in [0.25, 0.3) is 0 Å². The van der Waals surface area contributed by atoms with E-state index in [9.17, 15) is 33.1 Å². The Bertz CT molecular complexity index is 1330. The number of aliphatic hydroxyl groups is 3. The van der Waals surface area contributed by atoms with Gasteiger partial charge in [-0.15, -0.1) is 0 Å². The van der Waals surface area contributed by atoms with Crippen LogP contribution in [0.3, 0.4) is 0 Å². The Morgan fingerprint density at radius 3 is 1.34 bits per heavy atom. The number of aliphatic hydroxyl groups excluding tert-OH is 3. The summed E-state index contributed by atoms with van der Waals surface area (Å²) in [6.45, 7) is 4.05. The highest BCUT2D eigenvalue weighted by molar-refractivity contribution is 7.80. The lowest BCUT2D eigenvalue weighted by Gasteiger charge is -2.41. The molecule has 6 atom stereocenters. The van der Waals surface area contributed by atoms with Gasteiger partial charge in [-0.05, 0) is 44.9 Å². The molecule has 0 spiro atoms. The molecule has 0 saturated carbocycles. The molecule has 6 unspecified atom stereocenters. The molecular formula is C58H110O12S. The van der Waals surface area contributed by atoms with E-state index < -0.39 is 59.8 Å². The minimum atomic E-state index is -5.07. The molecule has 4 N–H and O–H groups in total. The zero-order chi connectivity index (χ0) is 51.7. The van der Waals surface area contributed by atoms with E-state index in [0.29, 0.717) is 13.0 Å². The topological polar surface area (TPSA) is 178 Å². The van der Waals surface area contributed by atoms with Gasteiger partial charge in [-0.25, -0.2) is 4.18 Å². The maximum Gasteiger partial charge on any atom is 0.397 e. The number of carbonyl (C=O) groups is 1. The molecule has 1 aliphatic heterocycles. The smallest absolute Gasteiger partial charge is 0.397 e. The van der Waals surface area contributed by atoms with Crippen LogP contribution in [0.5, 0.6) is 0 Å². The van der Waals surface area contributed by atoms with Crippen molar-refractivity contribution in [1.82, 2.24) is 0 Å². The Kier molecular flexibility index (Phi) is 47.1. The number of hydrogen-bond donors (Lipinski definition) is 4. The number of unbranched alkanes of at least 4 members (excludes halogenated alkanes) is 36. The van der Waals surface area contributed by atoms with Gasteiger partial charge in [0.1, 0.15) is 30.5 Å². The molecule has 0 aromatic carbocycles. The van der Waals surface area contributed by atoms with E-state index in [-0.39, 0.29) is 19.6 Å². The molecule has 0 aliphatic carbocycles. The van der Waals surface area contributed by atoms with E-state index >= 15 is 0 Å². The summed E-state index contributed by atoms with van der Waals surface area (Å²) in [5.41, 5.74) is 0. The summed E-state index contributed by atoms with van der Waals surface area (Å²) in [6, 6.07) is 0. The SMILES string of the molecule is CCCCCCC/C=C\C/C=C\CCCCCCCCCCCCCC(=O)OC(COCCCCCCCCCCCCCCCCCCCCCCC)COC1OC(CO)C(O)C(OS(=O)(=O)O)C1O. The predicted molar refractivity (Wildman–Crippen MR) is 290 cm³/mol. The Hall–Kier alpha value is -1.42. The van der Waals surface area contributed by atoms with Crippen molar-refractivity contribution in [2.75, 3.05) is 26.4 Å². The van der Waals surface area contributed by atoms with Gasteiger partial charge >= 0.3 is 16.4 Å². The average Bonchev–Trinajstić information content (AvgIpc) is 3.35. The van der Waals surface area contributed by atoms with Gasteiger partial charge < -0.3 is 34.3 Å². The van der Waals surface area contributed by atoms with E-state index in [4.69, 9.17) is 18.9 Å². The molecule has 13 heteroatoms. The minimum Gasteiger partial charge on any atom is -0.457 e. The van der Waals surface area contributed by atoms with E-state index in [1.807, 2.05) is 0 Å². The highest BCUT2D eigenvalue weighted by Crippen LogP contribution is 2.26. The molecule has 0 aromatic rings. The van der Waals surface area contributed by atoms with Crippen LogP contribution in [-0.4, -0.2) is 97.5 Å². The lowest BCUT2D eigenvalue weighted by Crippen LogP contribution is -2.60. The van der Waals surface area contributed by atoms with Crippen molar-refractivity contribution in [2.24, 2.45) is 0 Å². The summed E-state index contributed by atoms with van der Waals surface area (Å²) in [4.78, 5) is 13.0. The van der Waals surface area contributed by atoms with Crippen LogP contribution in [0.15, 0.2) is 24.3 Å². The standard InChI is InChI=1S/C58H110O12S/c1-3-5-7-9-11-13-15-17-19-21-23-25-26-27-29-31-33-35-37-39-41-43-45-47-54(60)68-52(51-67-58-56(62)57(70-71(63,64)65)55(61)53(49-59)69-58)50-66-48-46-44-42-40-38-36-34-32-30-28-24-22-20-18-16-14-12-10-8-6-4-2/h15,17,21,23,52-53,55-59,61-62H,3-14,16,18-20,22,24-51H2,1-2H3,(H,63,64,65)/b17-15-,23-21-. The van der Waals surface area contributed by atoms with E-state index in [0.717, 1.165) is 44.9 Å². The Balaban J connectivity index is 2.28. The second-order valence-corrected chi connectivity index (χ2v) is 21.6. The lowest BCUT2D eigenvalue weighted by molar-refractivity contribution is -0.301. The molecule has 1 aliphatic rings. The van der Waals surface area contributed by atoms with Crippen LogP contribution in [-0.2, 0) is 38.3 Å². The summed E-state index contributed by atoms with van der Waals surface area (Å²) in [7, 11) is -5.07. The first-order valence-corrected chi connectivity index (χ1v) is 31.0. The normalized spacial score (nSPS) is 19.1. The van der Waals surface area contributed by atoms with Crippen molar-refractivity contribution in [2.45, 2.75) is 314 Å². The molecule has 1 saturated heterocycles. The third-order valence-corrected chi connectivity index (χ3v) is 14.3. The molecule has 1 rings (SSSR count). The van der Waals surface area contributed by atoms with Crippen molar-refractivity contribution < 1.29 is 56.2 Å². The van der Waals surface area contributed by atoms with E-state index in [1.165, 1.54) is 205 Å². The molecule has 0 amide bonds. The molecule has 12 nitrogen and oxygen atoms in total. The predicted octanol–water partition coefficient (Wildman–Crippen LogP) is 14.7. The zero-order valence-corrected chi connectivity index (χ0v) is 46.4. The maximum absolute atomic E-state index is 13.0. The van der Waals surface area contributed by atoms with Gasteiger partial charge in [0.25, 0.3) is 0 Å².